The first-order valence-corrected chi connectivity index (χ1v) is 18.6. The van der Waals surface area contributed by atoms with Gasteiger partial charge in [-0.25, -0.2) is 0 Å². The zero-order valence-electron chi connectivity index (χ0n) is 30.1. The van der Waals surface area contributed by atoms with E-state index in [0.717, 1.165) is 23.5 Å². The third-order valence-corrected chi connectivity index (χ3v) is 11.5. The molecule has 0 amide bonds. The van der Waals surface area contributed by atoms with Crippen molar-refractivity contribution in [2.75, 3.05) is 4.90 Å². The molecule has 0 saturated carbocycles. The minimum Gasteiger partial charge on any atom is -0.310 e. The normalized spacial score (nSPS) is 13.2. The smallest absolute Gasteiger partial charge is 0.0465 e. The van der Waals surface area contributed by atoms with Crippen LogP contribution in [0.3, 0.4) is 0 Å². The van der Waals surface area contributed by atoms with E-state index in [1.165, 1.54) is 77.9 Å². The summed E-state index contributed by atoms with van der Waals surface area (Å²) < 4.78 is 0. The van der Waals surface area contributed by atoms with E-state index in [4.69, 9.17) is 0 Å². The van der Waals surface area contributed by atoms with Gasteiger partial charge < -0.3 is 4.90 Å². The highest BCUT2D eigenvalue weighted by atomic mass is 15.1. The molecule has 53 heavy (non-hydrogen) atoms. The average Bonchev–Trinajstić information content (AvgIpc) is 3.70. The van der Waals surface area contributed by atoms with E-state index in [2.05, 4.69) is 207 Å². The lowest BCUT2D eigenvalue weighted by atomic mass is 9.82. The Morgan fingerprint density at radius 3 is 1.36 bits per heavy atom. The Kier molecular flexibility index (Phi) is 7.30. The highest BCUT2D eigenvalue weighted by Gasteiger charge is 2.35. The lowest BCUT2D eigenvalue weighted by molar-refractivity contribution is 0.660. The van der Waals surface area contributed by atoms with Crippen LogP contribution >= 0.6 is 0 Å². The number of benzene rings is 8. The molecule has 0 radical (unpaired) electrons. The van der Waals surface area contributed by atoms with E-state index in [1.54, 1.807) is 0 Å². The Labute approximate surface area is 312 Å². The zero-order valence-corrected chi connectivity index (χ0v) is 30.1. The van der Waals surface area contributed by atoms with Gasteiger partial charge in [0.25, 0.3) is 0 Å². The SMILES string of the molecule is CC1(C)c2ccccc2-c2ccc(N(c3ccc(-c4ccccc4)cc3)c3ccc(-c4ccc5c(c4)-c4cc(-c6ccccc6)ccc4C5)cc3)cc21. The minimum absolute atomic E-state index is 0.0807. The summed E-state index contributed by atoms with van der Waals surface area (Å²) in [6.45, 7) is 4.71. The van der Waals surface area contributed by atoms with Gasteiger partial charge in [0.2, 0.25) is 0 Å². The molecule has 10 rings (SSSR count). The maximum absolute atomic E-state index is 2.41. The van der Waals surface area contributed by atoms with Crippen molar-refractivity contribution in [1.82, 2.24) is 0 Å². The number of hydrogen-bond donors (Lipinski definition) is 0. The number of fused-ring (bicyclic) bond motifs is 6. The van der Waals surface area contributed by atoms with Crippen molar-refractivity contribution in [3.8, 4) is 55.6 Å². The third kappa shape index (κ3) is 5.31. The molecule has 8 aromatic carbocycles. The third-order valence-electron chi connectivity index (χ3n) is 11.5. The Hall–Kier alpha value is -6.44. The standard InChI is InChI=1S/C52H39N/c1-52(2)50-16-10-9-15-46(50)47-30-29-45(34-51(47)52)53(43-25-21-37(22-26-43)35-11-5-3-6-12-35)44-27-23-38(24-28-44)40-18-20-42-31-41-19-17-39(32-48(41)49(42)33-40)36-13-7-4-8-14-36/h3-30,32-34H,31H2,1-2H3. The van der Waals surface area contributed by atoms with Gasteiger partial charge in [-0.05, 0) is 133 Å². The Balaban J connectivity index is 1.03. The van der Waals surface area contributed by atoms with Gasteiger partial charge in [-0.2, -0.15) is 0 Å². The van der Waals surface area contributed by atoms with Crippen molar-refractivity contribution < 1.29 is 0 Å². The second-order valence-corrected chi connectivity index (χ2v) is 15.0. The van der Waals surface area contributed by atoms with Crippen molar-refractivity contribution in [2.45, 2.75) is 25.7 Å². The molecule has 8 aromatic rings. The van der Waals surface area contributed by atoms with Crippen LogP contribution in [0.2, 0.25) is 0 Å². The topological polar surface area (TPSA) is 3.24 Å². The summed E-state index contributed by atoms with van der Waals surface area (Å²) in [6, 6.07) is 69.3. The van der Waals surface area contributed by atoms with Crippen LogP contribution in [-0.4, -0.2) is 0 Å². The summed E-state index contributed by atoms with van der Waals surface area (Å²) in [7, 11) is 0. The Morgan fingerprint density at radius 1 is 0.340 bits per heavy atom. The summed E-state index contributed by atoms with van der Waals surface area (Å²) in [5, 5.41) is 0. The molecular weight excluding hydrogens is 639 g/mol. The molecule has 0 N–H and O–H groups in total. The Morgan fingerprint density at radius 2 is 0.774 bits per heavy atom. The largest absolute Gasteiger partial charge is 0.310 e. The first-order chi connectivity index (χ1) is 26.0. The molecule has 0 atom stereocenters. The van der Waals surface area contributed by atoms with Crippen LogP contribution in [0.1, 0.15) is 36.1 Å². The summed E-state index contributed by atoms with van der Waals surface area (Å²) in [5.41, 5.74) is 21.7. The second kappa shape index (κ2) is 12.4. The number of nitrogens with zero attached hydrogens (tertiary/aromatic N) is 1. The Bertz CT molecular complexity index is 2630. The van der Waals surface area contributed by atoms with E-state index in [1.807, 2.05) is 0 Å². The molecule has 0 fully saturated rings. The van der Waals surface area contributed by atoms with E-state index < -0.39 is 0 Å². The van der Waals surface area contributed by atoms with Crippen LogP contribution in [0.25, 0.3) is 55.6 Å². The first-order valence-electron chi connectivity index (χ1n) is 18.6. The molecule has 1 heteroatoms. The first kappa shape index (κ1) is 31.3. The summed E-state index contributed by atoms with van der Waals surface area (Å²) in [6.07, 6.45) is 0.986. The highest BCUT2D eigenvalue weighted by Crippen LogP contribution is 2.51. The monoisotopic (exact) mass is 677 g/mol. The zero-order chi connectivity index (χ0) is 35.5. The lowest BCUT2D eigenvalue weighted by Gasteiger charge is -2.28. The van der Waals surface area contributed by atoms with Crippen molar-refractivity contribution in [2.24, 2.45) is 0 Å². The van der Waals surface area contributed by atoms with Gasteiger partial charge in [-0.3, -0.25) is 0 Å². The number of hydrogen-bond acceptors (Lipinski definition) is 1. The van der Waals surface area contributed by atoms with Crippen LogP contribution < -0.4 is 4.90 Å². The fourth-order valence-electron chi connectivity index (χ4n) is 8.67. The molecule has 2 aliphatic carbocycles. The molecule has 0 saturated heterocycles. The predicted molar refractivity (Wildman–Crippen MR) is 223 cm³/mol. The molecule has 0 unspecified atom stereocenters. The van der Waals surface area contributed by atoms with Crippen molar-refractivity contribution in [3.63, 3.8) is 0 Å². The van der Waals surface area contributed by atoms with Crippen molar-refractivity contribution >= 4 is 17.1 Å². The molecule has 0 aromatic heterocycles. The van der Waals surface area contributed by atoms with Gasteiger partial charge in [-0.1, -0.05) is 153 Å². The van der Waals surface area contributed by atoms with Gasteiger partial charge in [0.05, 0.1) is 0 Å². The molecule has 252 valence electrons. The molecule has 0 spiro atoms. The fourth-order valence-corrected chi connectivity index (χ4v) is 8.67. The summed E-state index contributed by atoms with van der Waals surface area (Å²) in [4.78, 5) is 2.40. The van der Waals surface area contributed by atoms with Gasteiger partial charge >= 0.3 is 0 Å². The molecule has 1 nitrogen and oxygen atoms in total. The quantitative estimate of drug-likeness (QED) is 0.169. The lowest BCUT2D eigenvalue weighted by Crippen LogP contribution is -2.16. The van der Waals surface area contributed by atoms with E-state index >= 15 is 0 Å². The van der Waals surface area contributed by atoms with E-state index in [9.17, 15) is 0 Å². The number of rotatable bonds is 6. The minimum atomic E-state index is -0.0807. The van der Waals surface area contributed by atoms with Crippen LogP contribution in [0.4, 0.5) is 17.1 Å². The maximum atomic E-state index is 2.41. The molecule has 0 bridgehead atoms. The fraction of sp³-hybridized carbons (Fsp3) is 0.0769. The van der Waals surface area contributed by atoms with Gasteiger partial charge in [0.1, 0.15) is 0 Å². The highest BCUT2D eigenvalue weighted by molar-refractivity contribution is 5.88. The molecule has 0 aliphatic heterocycles. The van der Waals surface area contributed by atoms with E-state index in [0.29, 0.717) is 0 Å². The maximum Gasteiger partial charge on any atom is 0.0465 e. The van der Waals surface area contributed by atoms with Gasteiger partial charge in [0.15, 0.2) is 0 Å². The van der Waals surface area contributed by atoms with Crippen molar-refractivity contribution in [3.05, 3.63) is 210 Å². The second-order valence-electron chi connectivity index (χ2n) is 15.0. The summed E-state index contributed by atoms with van der Waals surface area (Å²) in [5.74, 6) is 0. The van der Waals surface area contributed by atoms with Crippen LogP contribution in [0, 0.1) is 0 Å². The van der Waals surface area contributed by atoms with Crippen molar-refractivity contribution in [1.29, 1.82) is 0 Å². The number of anilines is 3. The molecule has 2 aliphatic rings. The van der Waals surface area contributed by atoms with Gasteiger partial charge in [0, 0.05) is 22.5 Å². The molecular formula is C52H39N. The van der Waals surface area contributed by atoms with Crippen LogP contribution in [0.5, 0.6) is 0 Å². The summed E-state index contributed by atoms with van der Waals surface area (Å²) >= 11 is 0. The average molecular weight is 678 g/mol. The molecule has 0 heterocycles. The van der Waals surface area contributed by atoms with Crippen LogP contribution in [-0.2, 0) is 11.8 Å². The predicted octanol–water partition coefficient (Wildman–Crippen LogP) is 14.0. The van der Waals surface area contributed by atoms with Crippen LogP contribution in [0.15, 0.2) is 188 Å². The van der Waals surface area contributed by atoms with Gasteiger partial charge in [-0.15, -0.1) is 0 Å². The van der Waals surface area contributed by atoms with E-state index in [-0.39, 0.29) is 5.41 Å².